The lowest BCUT2D eigenvalue weighted by Crippen LogP contribution is -2.45. The average Bonchev–Trinajstić information content (AvgIpc) is 2.71. The first kappa shape index (κ1) is 21.1. The standard InChI is InChI=1S/C15H8F6O7/c1-4(2)10(23)26-6-3-5(7-8(22)9(6)27-12(7)25)11(24)28-13(14(16,17)18)15(19,20)21/h3,13,22H,1H2,2H3. The van der Waals surface area contributed by atoms with Gasteiger partial charge in [0.25, 0.3) is 6.10 Å². The molecule has 0 aromatic heterocycles. The molecular formula is C15H8F6O7. The molecule has 0 atom stereocenters. The summed E-state index contributed by atoms with van der Waals surface area (Å²) >= 11 is 0. The van der Waals surface area contributed by atoms with E-state index in [1.807, 2.05) is 0 Å². The largest absolute Gasteiger partial charge is 0.504 e. The lowest BCUT2D eigenvalue weighted by Gasteiger charge is -2.23. The van der Waals surface area contributed by atoms with Crippen LogP contribution in [0.25, 0.3) is 0 Å². The highest BCUT2D eigenvalue weighted by Crippen LogP contribution is 2.47. The van der Waals surface area contributed by atoms with Crippen molar-refractivity contribution in [3.05, 3.63) is 29.3 Å². The minimum Gasteiger partial charge on any atom is -0.504 e. The Bertz CT molecular complexity index is 870. The molecule has 1 aliphatic rings. The fraction of sp³-hybridized carbons (Fsp3) is 0.267. The maximum absolute atomic E-state index is 12.6. The third-order valence-electron chi connectivity index (χ3n) is 3.21. The van der Waals surface area contributed by atoms with E-state index in [1.165, 1.54) is 6.92 Å². The first-order valence-electron chi connectivity index (χ1n) is 6.98. The highest BCUT2D eigenvalue weighted by Gasteiger charge is 2.60. The van der Waals surface area contributed by atoms with Crippen molar-refractivity contribution in [2.24, 2.45) is 0 Å². The number of halogens is 6. The summed E-state index contributed by atoms with van der Waals surface area (Å²) in [4.78, 5) is 35.2. The van der Waals surface area contributed by atoms with Gasteiger partial charge in [-0.1, -0.05) is 6.58 Å². The molecule has 1 aromatic carbocycles. The Morgan fingerprint density at radius 2 is 1.71 bits per heavy atom. The molecule has 1 N–H and O–H groups in total. The quantitative estimate of drug-likeness (QED) is 0.350. The Labute approximate surface area is 151 Å². The predicted octanol–water partition coefficient (Wildman–Crippen LogP) is 3.06. The number of aromatic hydroxyl groups is 1. The topological polar surface area (TPSA) is 99.1 Å². The van der Waals surface area contributed by atoms with Crippen LogP contribution in [0, 0.1) is 0 Å². The second kappa shape index (κ2) is 6.73. The van der Waals surface area contributed by atoms with Gasteiger partial charge in [0, 0.05) is 11.6 Å². The van der Waals surface area contributed by atoms with E-state index in [0.717, 1.165) is 0 Å². The molecule has 152 valence electrons. The first-order chi connectivity index (χ1) is 12.6. The van der Waals surface area contributed by atoms with Crippen LogP contribution in [0.15, 0.2) is 18.2 Å². The fourth-order valence-corrected chi connectivity index (χ4v) is 1.99. The number of alkyl halides is 6. The van der Waals surface area contributed by atoms with Crippen molar-refractivity contribution in [1.29, 1.82) is 0 Å². The molecule has 0 saturated heterocycles. The number of phenols is 1. The van der Waals surface area contributed by atoms with E-state index in [9.17, 15) is 45.8 Å². The molecular weight excluding hydrogens is 406 g/mol. The third-order valence-corrected chi connectivity index (χ3v) is 3.21. The normalized spacial score (nSPS) is 13.4. The second-order valence-electron chi connectivity index (χ2n) is 5.40. The van der Waals surface area contributed by atoms with Crippen molar-refractivity contribution in [2.75, 3.05) is 0 Å². The van der Waals surface area contributed by atoms with Crippen LogP contribution >= 0.6 is 0 Å². The molecule has 0 fully saturated rings. The summed E-state index contributed by atoms with van der Waals surface area (Å²) in [6.07, 6.45) is -16.5. The summed E-state index contributed by atoms with van der Waals surface area (Å²) < 4.78 is 88.0. The maximum Gasteiger partial charge on any atom is 0.434 e. The summed E-state index contributed by atoms with van der Waals surface area (Å²) in [7, 11) is 0. The van der Waals surface area contributed by atoms with Gasteiger partial charge in [0.1, 0.15) is 5.56 Å². The highest BCUT2D eigenvalue weighted by molar-refractivity contribution is 6.10. The van der Waals surface area contributed by atoms with Gasteiger partial charge in [0.2, 0.25) is 5.75 Å². The maximum atomic E-state index is 12.6. The number of hydrogen-bond acceptors (Lipinski definition) is 7. The van der Waals surface area contributed by atoms with Crippen LogP contribution in [0.5, 0.6) is 17.2 Å². The van der Waals surface area contributed by atoms with E-state index in [4.69, 9.17) is 0 Å². The van der Waals surface area contributed by atoms with Crippen molar-refractivity contribution in [3.8, 4) is 17.2 Å². The van der Waals surface area contributed by atoms with E-state index in [0.29, 0.717) is 6.07 Å². The van der Waals surface area contributed by atoms with Crippen LogP contribution in [0.4, 0.5) is 26.3 Å². The fourth-order valence-electron chi connectivity index (χ4n) is 1.99. The monoisotopic (exact) mass is 414 g/mol. The number of benzene rings is 1. The SMILES string of the molecule is C=C(C)C(=O)Oc1cc(C(=O)OC(C(F)(F)F)C(F)(F)F)c2c(O)c1OC2=O. The van der Waals surface area contributed by atoms with Crippen molar-refractivity contribution >= 4 is 17.9 Å². The van der Waals surface area contributed by atoms with Crippen LogP contribution in [0.2, 0.25) is 0 Å². The van der Waals surface area contributed by atoms with E-state index < -0.39 is 64.7 Å². The van der Waals surface area contributed by atoms with Gasteiger partial charge in [-0.25, -0.2) is 14.4 Å². The van der Waals surface area contributed by atoms with Crippen LogP contribution in [0.3, 0.4) is 0 Å². The summed E-state index contributed by atoms with van der Waals surface area (Å²) in [5.41, 5.74) is -2.47. The minimum atomic E-state index is -6.01. The number of fused-ring (bicyclic) bond motifs is 2. The zero-order valence-electron chi connectivity index (χ0n) is 13.5. The van der Waals surface area contributed by atoms with Gasteiger partial charge in [-0.2, -0.15) is 26.3 Å². The van der Waals surface area contributed by atoms with Gasteiger partial charge >= 0.3 is 30.3 Å². The van der Waals surface area contributed by atoms with E-state index in [-0.39, 0.29) is 5.57 Å². The molecule has 28 heavy (non-hydrogen) atoms. The molecule has 1 heterocycles. The number of ether oxygens (including phenoxy) is 3. The lowest BCUT2D eigenvalue weighted by atomic mass is 10.1. The summed E-state index contributed by atoms with van der Waals surface area (Å²) in [5, 5.41) is 9.84. The molecule has 2 rings (SSSR count). The van der Waals surface area contributed by atoms with Gasteiger partial charge < -0.3 is 19.3 Å². The number of carbonyl (C=O) groups is 3. The Morgan fingerprint density at radius 3 is 2.18 bits per heavy atom. The Balaban J connectivity index is 2.50. The molecule has 0 aliphatic carbocycles. The van der Waals surface area contributed by atoms with Crippen molar-refractivity contribution in [1.82, 2.24) is 0 Å². The second-order valence-corrected chi connectivity index (χ2v) is 5.40. The summed E-state index contributed by atoms with van der Waals surface area (Å²) in [5.74, 6) is -7.58. The Hall–Kier alpha value is -3.25. The number of carbonyl (C=O) groups excluding carboxylic acids is 3. The van der Waals surface area contributed by atoms with E-state index in [2.05, 4.69) is 20.8 Å². The molecule has 1 aliphatic heterocycles. The number of rotatable bonds is 4. The zero-order chi connectivity index (χ0) is 21.6. The van der Waals surface area contributed by atoms with E-state index in [1.54, 1.807) is 0 Å². The third kappa shape index (κ3) is 3.87. The predicted molar refractivity (Wildman–Crippen MR) is 74.8 cm³/mol. The number of esters is 3. The van der Waals surface area contributed by atoms with Crippen LogP contribution in [0.1, 0.15) is 27.6 Å². The highest BCUT2D eigenvalue weighted by atomic mass is 19.4. The van der Waals surface area contributed by atoms with Gasteiger partial charge in [0.05, 0.1) is 5.56 Å². The van der Waals surface area contributed by atoms with Crippen LogP contribution < -0.4 is 9.47 Å². The molecule has 0 unspecified atom stereocenters. The molecule has 0 amide bonds. The zero-order valence-corrected chi connectivity index (χ0v) is 13.5. The molecule has 0 spiro atoms. The smallest absolute Gasteiger partial charge is 0.434 e. The minimum absolute atomic E-state index is 0.196. The van der Waals surface area contributed by atoms with Gasteiger partial charge in [0.15, 0.2) is 11.5 Å². The first-order valence-corrected chi connectivity index (χ1v) is 6.98. The Kier molecular flexibility index (Phi) is 5.06. The molecule has 0 radical (unpaired) electrons. The van der Waals surface area contributed by atoms with Crippen molar-refractivity contribution < 1.29 is 60.0 Å². The van der Waals surface area contributed by atoms with Gasteiger partial charge in [-0.3, -0.25) is 0 Å². The van der Waals surface area contributed by atoms with Crippen molar-refractivity contribution in [3.63, 3.8) is 0 Å². The van der Waals surface area contributed by atoms with Gasteiger partial charge in [-0.15, -0.1) is 0 Å². The molecule has 7 nitrogen and oxygen atoms in total. The molecule has 2 bridgehead atoms. The van der Waals surface area contributed by atoms with E-state index >= 15 is 0 Å². The molecule has 0 saturated carbocycles. The summed E-state index contributed by atoms with van der Waals surface area (Å²) in [6.45, 7) is 4.41. The van der Waals surface area contributed by atoms with Crippen LogP contribution in [-0.4, -0.2) is 41.5 Å². The number of hydrogen-bond donors (Lipinski definition) is 1. The lowest BCUT2D eigenvalue weighted by molar-refractivity contribution is -0.307. The summed E-state index contributed by atoms with van der Waals surface area (Å²) in [6, 6.07) is 0.433. The Morgan fingerprint density at radius 1 is 1.18 bits per heavy atom. The van der Waals surface area contributed by atoms with Gasteiger partial charge in [-0.05, 0) is 6.92 Å². The molecule has 1 aromatic rings. The average molecular weight is 414 g/mol. The van der Waals surface area contributed by atoms with Crippen LogP contribution in [-0.2, 0) is 9.53 Å². The van der Waals surface area contributed by atoms with Crippen molar-refractivity contribution in [2.45, 2.75) is 25.4 Å². The molecule has 13 heteroatoms. The number of phenolic OH excluding ortho intramolecular Hbond substituents is 1.